The minimum Gasteiger partial charge on any atom is -0.609 e. The van der Waals surface area contributed by atoms with E-state index >= 15 is 0 Å². The molecule has 108 valence electrons. The molecule has 0 spiro atoms. The first-order chi connectivity index (χ1) is 9.41. The van der Waals surface area contributed by atoms with Crippen molar-refractivity contribution in [1.82, 2.24) is 18.7 Å². The van der Waals surface area contributed by atoms with Crippen LogP contribution in [0.1, 0.15) is 12.8 Å². The molecule has 1 fully saturated rings. The molecule has 2 aromatic rings. The largest absolute Gasteiger partial charge is 0.609 e. The zero-order valence-corrected chi connectivity index (χ0v) is 12.4. The molecule has 1 atom stereocenters. The third kappa shape index (κ3) is 1.90. The van der Waals surface area contributed by atoms with Crippen LogP contribution in [0.3, 0.4) is 0 Å². The Balaban J connectivity index is 2.23. The molecule has 2 heterocycles. The monoisotopic (exact) mass is 296 g/mol. The second-order valence-electron chi connectivity index (χ2n) is 5.29. The van der Waals surface area contributed by atoms with Crippen molar-refractivity contribution in [3.8, 4) is 0 Å². The number of hydrogen-bond donors (Lipinski definition) is 0. The van der Waals surface area contributed by atoms with Gasteiger partial charge in [-0.25, -0.2) is 4.79 Å². The summed E-state index contributed by atoms with van der Waals surface area (Å²) in [6.07, 6.45) is 2.21. The molecule has 1 unspecified atom stereocenters. The zero-order valence-electron chi connectivity index (χ0n) is 11.6. The third-order valence-electron chi connectivity index (χ3n) is 3.72. The van der Waals surface area contributed by atoms with E-state index in [1.807, 2.05) is 0 Å². The number of fused-ring (bicyclic) bond motifs is 1. The molecular formula is C12H16N4O3S. The van der Waals surface area contributed by atoms with Gasteiger partial charge in [-0.15, -0.1) is 0 Å². The zero-order chi connectivity index (χ0) is 14.6. The number of nitrogens with zero attached hydrogens (tertiary/aromatic N) is 4. The van der Waals surface area contributed by atoms with E-state index in [0.717, 1.165) is 17.4 Å². The second kappa shape index (κ2) is 4.49. The summed E-state index contributed by atoms with van der Waals surface area (Å²) in [7, 11) is 4.66. The van der Waals surface area contributed by atoms with Crippen LogP contribution in [0.5, 0.6) is 0 Å². The Kier molecular flexibility index (Phi) is 3.02. The van der Waals surface area contributed by atoms with E-state index < -0.39 is 22.4 Å². The molecule has 0 saturated heterocycles. The number of aryl methyl sites for hydroxylation is 2. The molecule has 7 nitrogen and oxygen atoms in total. The van der Waals surface area contributed by atoms with Crippen LogP contribution in [-0.4, -0.2) is 29.0 Å². The van der Waals surface area contributed by atoms with E-state index in [1.165, 1.54) is 11.6 Å². The van der Waals surface area contributed by atoms with Gasteiger partial charge in [-0.3, -0.25) is 18.5 Å². The lowest BCUT2D eigenvalue weighted by molar-refractivity contribution is 0.576. The Morgan fingerprint density at radius 2 is 1.85 bits per heavy atom. The van der Waals surface area contributed by atoms with E-state index in [2.05, 4.69) is 4.98 Å². The fourth-order valence-corrected chi connectivity index (χ4v) is 3.77. The molecule has 0 aliphatic heterocycles. The molecule has 2 aromatic heterocycles. The highest BCUT2D eigenvalue weighted by atomic mass is 32.2. The highest BCUT2D eigenvalue weighted by Gasteiger charge is 2.32. The van der Waals surface area contributed by atoms with Crippen molar-refractivity contribution in [3.63, 3.8) is 0 Å². The molecule has 1 saturated carbocycles. The molecule has 8 heteroatoms. The molecule has 0 amide bonds. The van der Waals surface area contributed by atoms with Gasteiger partial charge in [0.1, 0.15) is 5.75 Å². The Labute approximate surface area is 118 Å². The minimum atomic E-state index is -1.24. The lowest BCUT2D eigenvalue weighted by Gasteiger charge is -2.08. The Bertz CT molecular complexity index is 800. The van der Waals surface area contributed by atoms with Crippen LogP contribution in [0.2, 0.25) is 0 Å². The van der Waals surface area contributed by atoms with Crippen molar-refractivity contribution in [3.05, 3.63) is 20.8 Å². The summed E-state index contributed by atoms with van der Waals surface area (Å²) < 4.78 is 16.2. The van der Waals surface area contributed by atoms with Crippen LogP contribution >= 0.6 is 0 Å². The van der Waals surface area contributed by atoms with E-state index in [1.54, 1.807) is 18.7 Å². The second-order valence-corrected chi connectivity index (χ2v) is 6.68. The Hall–Kier alpha value is -1.54. The van der Waals surface area contributed by atoms with Gasteiger partial charge in [0.05, 0.1) is 0 Å². The molecule has 0 aromatic carbocycles. The molecule has 0 radical (unpaired) electrons. The van der Waals surface area contributed by atoms with Crippen LogP contribution in [0.25, 0.3) is 11.2 Å². The molecule has 20 heavy (non-hydrogen) atoms. The number of rotatable bonds is 3. The van der Waals surface area contributed by atoms with Gasteiger partial charge in [0.2, 0.25) is 0 Å². The van der Waals surface area contributed by atoms with Crippen LogP contribution in [0, 0.1) is 5.92 Å². The minimum absolute atomic E-state index is 0.291. The molecule has 0 N–H and O–H groups in total. The van der Waals surface area contributed by atoms with Crippen LogP contribution in [0.15, 0.2) is 14.7 Å². The molecule has 0 bridgehead atoms. The predicted molar refractivity (Wildman–Crippen MR) is 75.2 cm³/mol. The van der Waals surface area contributed by atoms with Gasteiger partial charge in [-0.05, 0) is 12.8 Å². The van der Waals surface area contributed by atoms with Gasteiger partial charge in [-0.2, -0.15) is 4.98 Å². The topological polar surface area (TPSA) is 84.9 Å². The lowest BCUT2D eigenvalue weighted by Crippen LogP contribution is -2.37. The van der Waals surface area contributed by atoms with Crippen LogP contribution in [-0.2, 0) is 32.3 Å². The highest BCUT2D eigenvalue weighted by molar-refractivity contribution is 7.91. The van der Waals surface area contributed by atoms with E-state index in [9.17, 15) is 14.1 Å². The quantitative estimate of drug-likeness (QED) is 0.714. The Morgan fingerprint density at radius 3 is 2.45 bits per heavy atom. The van der Waals surface area contributed by atoms with Crippen molar-refractivity contribution in [2.45, 2.75) is 18.0 Å². The van der Waals surface area contributed by atoms with Crippen molar-refractivity contribution in [1.29, 1.82) is 0 Å². The average Bonchev–Trinajstić information content (AvgIpc) is 3.15. The van der Waals surface area contributed by atoms with Crippen molar-refractivity contribution in [2.75, 3.05) is 5.75 Å². The summed E-state index contributed by atoms with van der Waals surface area (Å²) >= 11 is -1.24. The highest BCUT2D eigenvalue weighted by Crippen LogP contribution is 2.32. The van der Waals surface area contributed by atoms with Gasteiger partial charge in [-0.1, -0.05) is 0 Å². The number of imidazole rings is 1. The van der Waals surface area contributed by atoms with Gasteiger partial charge in [0.25, 0.3) is 5.56 Å². The summed E-state index contributed by atoms with van der Waals surface area (Å²) in [5.41, 5.74) is -0.235. The third-order valence-corrected chi connectivity index (χ3v) is 5.27. The van der Waals surface area contributed by atoms with Gasteiger partial charge in [0.15, 0.2) is 11.2 Å². The van der Waals surface area contributed by atoms with Crippen LogP contribution < -0.4 is 11.2 Å². The molecule has 3 rings (SSSR count). The van der Waals surface area contributed by atoms with Crippen molar-refractivity contribution < 1.29 is 4.55 Å². The van der Waals surface area contributed by atoms with Gasteiger partial charge >= 0.3 is 10.8 Å². The SMILES string of the molecule is Cn1c(=O)c2c(nc([S+]([O-])CC3CC3)n2C)n(C)c1=O. The predicted octanol–water partition coefficient (Wildman–Crippen LogP) is -0.512. The maximum atomic E-state index is 12.3. The first-order valence-electron chi connectivity index (χ1n) is 6.42. The first kappa shape index (κ1) is 13.4. The average molecular weight is 296 g/mol. The molecular weight excluding hydrogens is 280 g/mol. The number of hydrogen-bond acceptors (Lipinski definition) is 4. The molecule has 1 aliphatic carbocycles. The van der Waals surface area contributed by atoms with Crippen molar-refractivity contribution >= 4 is 22.3 Å². The molecule has 1 aliphatic rings. The van der Waals surface area contributed by atoms with Crippen LogP contribution in [0.4, 0.5) is 0 Å². The van der Waals surface area contributed by atoms with E-state index in [-0.39, 0.29) is 0 Å². The maximum Gasteiger partial charge on any atom is 0.332 e. The van der Waals surface area contributed by atoms with E-state index in [0.29, 0.717) is 28.0 Å². The van der Waals surface area contributed by atoms with E-state index in [4.69, 9.17) is 0 Å². The van der Waals surface area contributed by atoms with Crippen molar-refractivity contribution in [2.24, 2.45) is 27.1 Å². The number of aromatic nitrogens is 4. The standard InChI is InChI=1S/C12H16N4O3S/c1-14-8-9(15(2)12(18)16(3)10(8)17)13-11(14)20(19)6-7-4-5-7/h7H,4-6H2,1-3H3. The maximum absolute atomic E-state index is 12.3. The fourth-order valence-electron chi connectivity index (χ4n) is 2.28. The summed E-state index contributed by atoms with van der Waals surface area (Å²) in [4.78, 5) is 28.3. The fraction of sp³-hybridized carbons (Fsp3) is 0.583. The summed E-state index contributed by atoms with van der Waals surface area (Å²) in [5, 5.41) is 0.366. The Morgan fingerprint density at radius 1 is 1.20 bits per heavy atom. The summed E-state index contributed by atoms with van der Waals surface area (Å²) in [6, 6.07) is 0. The summed E-state index contributed by atoms with van der Waals surface area (Å²) in [6.45, 7) is 0. The smallest absolute Gasteiger partial charge is 0.332 e. The van der Waals surface area contributed by atoms with Gasteiger partial charge < -0.3 is 4.55 Å². The summed E-state index contributed by atoms with van der Waals surface area (Å²) in [5.74, 6) is 1.08. The first-order valence-corrected chi connectivity index (χ1v) is 7.74. The lowest BCUT2D eigenvalue weighted by atomic mass is 10.5. The normalized spacial score (nSPS) is 16.8. The van der Waals surface area contributed by atoms with Gasteiger partial charge in [0, 0.05) is 38.2 Å².